The zero-order chi connectivity index (χ0) is 21.5. The summed E-state index contributed by atoms with van der Waals surface area (Å²) in [6.07, 6.45) is 3.74. The fourth-order valence-electron chi connectivity index (χ4n) is 2.60. The van der Waals surface area contributed by atoms with Crippen LogP contribution in [0.1, 0.15) is 6.42 Å². The van der Waals surface area contributed by atoms with Gasteiger partial charge >= 0.3 is 0 Å². The van der Waals surface area contributed by atoms with Gasteiger partial charge in [0, 0.05) is 41.8 Å². The molecule has 2 aromatic heterocycles. The number of aliphatic hydroxyl groups is 1. The lowest BCUT2D eigenvalue weighted by Gasteiger charge is -2.12. The van der Waals surface area contributed by atoms with E-state index in [1.807, 2.05) is 24.3 Å². The Morgan fingerprint density at radius 1 is 1.20 bits per heavy atom. The molecule has 0 saturated carbocycles. The zero-order valence-electron chi connectivity index (χ0n) is 16.3. The Balaban J connectivity index is 1.66. The molecule has 0 aliphatic carbocycles. The van der Waals surface area contributed by atoms with Crippen LogP contribution in [-0.4, -0.2) is 36.7 Å². The third-order valence-electron chi connectivity index (χ3n) is 4.25. The number of aromatic nitrogens is 3. The third-order valence-corrected chi connectivity index (χ3v) is 5.84. The van der Waals surface area contributed by atoms with Gasteiger partial charge in [0.15, 0.2) is 5.82 Å². The van der Waals surface area contributed by atoms with E-state index in [-0.39, 0.29) is 11.7 Å². The average Bonchev–Trinajstić information content (AvgIpc) is 2.75. The number of hydrogen-bond donors (Lipinski definition) is 4. The number of nitrogens with zero attached hydrogens (tertiary/aromatic N) is 3. The zero-order valence-corrected chi connectivity index (χ0v) is 20.0. The molecule has 1 atom stereocenters. The lowest BCUT2D eigenvalue weighted by atomic mass is 10.2. The van der Waals surface area contributed by atoms with Crippen LogP contribution in [0.3, 0.4) is 0 Å². The Labute approximate surface area is 196 Å². The highest BCUT2D eigenvalue weighted by atomic mass is 127. The molecule has 0 aliphatic rings. The second-order valence-corrected chi connectivity index (χ2v) is 8.31. The monoisotopic (exact) mass is 584 g/mol. The molecule has 8 nitrogen and oxygen atoms in total. The number of pyridine rings is 1. The first-order chi connectivity index (χ1) is 14.5. The summed E-state index contributed by atoms with van der Waals surface area (Å²) in [6.45, 7) is 0.709. The molecule has 4 N–H and O–H groups in total. The molecular formula is C20H22BrIN6O2. The maximum absolute atomic E-state index is 12.2. The van der Waals surface area contributed by atoms with Crippen molar-refractivity contribution in [1.82, 2.24) is 14.5 Å². The van der Waals surface area contributed by atoms with E-state index in [9.17, 15) is 9.90 Å². The smallest absolute Gasteiger partial charge is 0.274 e. The van der Waals surface area contributed by atoms with E-state index < -0.39 is 0 Å². The second kappa shape index (κ2) is 10.7. The molecule has 1 aromatic carbocycles. The van der Waals surface area contributed by atoms with Gasteiger partial charge in [0.25, 0.3) is 5.56 Å². The van der Waals surface area contributed by atoms with Gasteiger partial charge in [-0.2, -0.15) is 4.98 Å². The summed E-state index contributed by atoms with van der Waals surface area (Å²) in [6, 6.07) is 11.2. The molecule has 0 saturated heterocycles. The summed E-state index contributed by atoms with van der Waals surface area (Å²) in [7, 11) is 1.69. The van der Waals surface area contributed by atoms with E-state index in [1.165, 1.54) is 4.57 Å². The number of benzene rings is 1. The lowest BCUT2D eigenvalue weighted by Crippen LogP contribution is -2.19. The molecule has 0 radical (unpaired) electrons. The van der Waals surface area contributed by atoms with Crippen molar-refractivity contribution in [1.29, 1.82) is 0 Å². The summed E-state index contributed by atoms with van der Waals surface area (Å²) >= 11 is 5.59. The van der Waals surface area contributed by atoms with E-state index in [0.29, 0.717) is 34.9 Å². The molecular weight excluding hydrogens is 563 g/mol. The van der Waals surface area contributed by atoms with Crippen LogP contribution in [0.25, 0.3) is 0 Å². The molecule has 158 valence electrons. The maximum Gasteiger partial charge on any atom is 0.274 e. The summed E-state index contributed by atoms with van der Waals surface area (Å²) in [5.74, 6) is 0.891. The van der Waals surface area contributed by atoms with Crippen molar-refractivity contribution in [2.45, 2.75) is 12.5 Å². The Kier molecular flexibility index (Phi) is 8.05. The SMILES string of the molecule is Cn1cccc(Nc2nc(Nc3ccc(NCCC(O)CI)cc3)ncc2Br)c1=O. The second-order valence-electron chi connectivity index (χ2n) is 6.58. The number of aliphatic hydroxyl groups excluding tert-OH is 1. The van der Waals surface area contributed by atoms with Crippen LogP contribution in [0.4, 0.5) is 28.8 Å². The van der Waals surface area contributed by atoms with Gasteiger partial charge in [-0.05, 0) is 58.7 Å². The molecule has 3 rings (SSSR count). The van der Waals surface area contributed by atoms with Crippen LogP contribution in [0.15, 0.2) is 58.1 Å². The highest BCUT2D eigenvalue weighted by molar-refractivity contribution is 14.1. The first-order valence-electron chi connectivity index (χ1n) is 9.26. The van der Waals surface area contributed by atoms with Gasteiger partial charge in [0.05, 0.1) is 10.6 Å². The first kappa shape index (κ1) is 22.5. The van der Waals surface area contributed by atoms with Gasteiger partial charge in [-0.15, -0.1) is 0 Å². The number of anilines is 5. The minimum Gasteiger partial charge on any atom is -0.392 e. The molecule has 0 aliphatic heterocycles. The molecule has 0 spiro atoms. The van der Waals surface area contributed by atoms with Crippen LogP contribution in [-0.2, 0) is 7.05 Å². The van der Waals surface area contributed by atoms with E-state index >= 15 is 0 Å². The first-order valence-corrected chi connectivity index (χ1v) is 11.6. The predicted molar refractivity (Wildman–Crippen MR) is 132 cm³/mol. The largest absolute Gasteiger partial charge is 0.392 e. The quantitative estimate of drug-likeness (QED) is 0.222. The number of aryl methyl sites for hydroxylation is 1. The van der Waals surface area contributed by atoms with Crippen molar-refractivity contribution < 1.29 is 5.11 Å². The Hall–Kier alpha value is -2.18. The summed E-state index contributed by atoms with van der Waals surface area (Å²) in [4.78, 5) is 21.0. The highest BCUT2D eigenvalue weighted by Gasteiger charge is 2.09. The van der Waals surface area contributed by atoms with E-state index in [2.05, 4.69) is 64.4 Å². The van der Waals surface area contributed by atoms with Crippen molar-refractivity contribution >= 4 is 67.3 Å². The van der Waals surface area contributed by atoms with Crippen LogP contribution < -0.4 is 21.5 Å². The molecule has 30 heavy (non-hydrogen) atoms. The fraction of sp³-hybridized carbons (Fsp3) is 0.250. The number of rotatable bonds is 9. The predicted octanol–water partition coefficient (Wildman–Crippen LogP) is 4.02. The highest BCUT2D eigenvalue weighted by Crippen LogP contribution is 2.24. The van der Waals surface area contributed by atoms with E-state index in [1.54, 1.807) is 31.6 Å². The number of nitrogens with one attached hydrogen (secondary N) is 3. The fourth-order valence-corrected chi connectivity index (χ4v) is 3.33. The van der Waals surface area contributed by atoms with Crippen molar-refractivity contribution in [3.63, 3.8) is 0 Å². The molecule has 0 amide bonds. The van der Waals surface area contributed by atoms with Gasteiger partial charge in [0.1, 0.15) is 5.69 Å². The molecule has 3 aromatic rings. The lowest BCUT2D eigenvalue weighted by molar-refractivity contribution is 0.196. The normalized spacial score (nSPS) is 11.7. The Bertz CT molecular complexity index is 1040. The average molecular weight is 585 g/mol. The van der Waals surface area contributed by atoms with Crippen molar-refractivity contribution in [3.05, 3.63) is 63.6 Å². The van der Waals surface area contributed by atoms with Crippen LogP contribution in [0.5, 0.6) is 0 Å². The van der Waals surface area contributed by atoms with E-state index in [0.717, 1.165) is 15.8 Å². The van der Waals surface area contributed by atoms with Crippen LogP contribution in [0, 0.1) is 0 Å². The molecule has 0 bridgehead atoms. The van der Waals surface area contributed by atoms with Crippen LogP contribution >= 0.6 is 38.5 Å². The Morgan fingerprint density at radius 2 is 1.93 bits per heavy atom. The minimum absolute atomic E-state index is 0.147. The minimum atomic E-state index is -0.285. The van der Waals surface area contributed by atoms with Gasteiger partial charge in [-0.25, -0.2) is 4.98 Å². The van der Waals surface area contributed by atoms with E-state index in [4.69, 9.17) is 0 Å². The topological polar surface area (TPSA) is 104 Å². The summed E-state index contributed by atoms with van der Waals surface area (Å²) in [5, 5.41) is 19.1. The van der Waals surface area contributed by atoms with Gasteiger partial charge in [-0.1, -0.05) is 22.6 Å². The Morgan fingerprint density at radius 3 is 2.67 bits per heavy atom. The molecule has 1 unspecified atom stereocenters. The maximum atomic E-state index is 12.2. The molecule has 2 heterocycles. The van der Waals surface area contributed by atoms with Gasteiger partial charge in [0.2, 0.25) is 5.95 Å². The molecule has 10 heteroatoms. The number of halogens is 2. The van der Waals surface area contributed by atoms with Crippen molar-refractivity contribution in [2.75, 3.05) is 26.9 Å². The molecule has 0 fully saturated rings. The number of hydrogen-bond acceptors (Lipinski definition) is 7. The van der Waals surface area contributed by atoms with Gasteiger partial charge in [-0.3, -0.25) is 4.79 Å². The van der Waals surface area contributed by atoms with Gasteiger partial charge < -0.3 is 25.6 Å². The summed E-state index contributed by atoms with van der Waals surface area (Å²) in [5.41, 5.74) is 2.08. The number of alkyl halides is 1. The third kappa shape index (κ3) is 6.16. The summed E-state index contributed by atoms with van der Waals surface area (Å²) < 4.78 is 2.87. The van der Waals surface area contributed by atoms with Crippen molar-refractivity contribution in [2.24, 2.45) is 7.05 Å². The van der Waals surface area contributed by atoms with Crippen LogP contribution in [0.2, 0.25) is 0 Å². The standard InChI is InChI=1S/C20H22BrIN6O2/c1-28-10-2-3-17(19(28)30)26-18-16(21)12-24-20(27-18)25-14-6-4-13(5-7-14)23-9-8-15(29)11-22/h2-7,10,12,15,23,29H,8-9,11H2,1H3,(H2,24,25,26,27). The van der Waals surface area contributed by atoms with Crippen molar-refractivity contribution in [3.8, 4) is 0 Å².